The molecule has 1 N–H and O–H groups in total. The molecule has 136 valence electrons. The first-order valence-electron chi connectivity index (χ1n) is 8.71. The number of amides is 2. The van der Waals surface area contributed by atoms with Gasteiger partial charge in [0.25, 0.3) is 5.91 Å². The molecule has 6 heteroatoms. The van der Waals surface area contributed by atoms with Crippen LogP contribution in [0.5, 0.6) is 0 Å². The van der Waals surface area contributed by atoms with E-state index >= 15 is 0 Å². The molecule has 1 saturated heterocycles. The van der Waals surface area contributed by atoms with Crippen molar-refractivity contribution >= 4 is 11.8 Å². The molecule has 0 bridgehead atoms. The van der Waals surface area contributed by atoms with Gasteiger partial charge in [0.2, 0.25) is 5.91 Å². The van der Waals surface area contributed by atoms with E-state index in [9.17, 15) is 9.59 Å². The molecule has 1 aromatic heterocycles. The Morgan fingerprint density at radius 1 is 1.27 bits per heavy atom. The number of hydrogen-bond donors (Lipinski definition) is 1. The fourth-order valence-electron chi connectivity index (χ4n) is 3.04. The van der Waals surface area contributed by atoms with Crippen molar-refractivity contribution in [2.75, 3.05) is 26.2 Å². The van der Waals surface area contributed by atoms with E-state index in [2.05, 4.69) is 10.3 Å². The van der Waals surface area contributed by atoms with Gasteiger partial charge in [-0.2, -0.15) is 0 Å². The Morgan fingerprint density at radius 3 is 2.73 bits per heavy atom. The molecule has 1 aromatic carbocycles. The van der Waals surface area contributed by atoms with Crippen LogP contribution >= 0.6 is 0 Å². The van der Waals surface area contributed by atoms with Gasteiger partial charge in [0.15, 0.2) is 0 Å². The molecule has 1 atom stereocenters. The summed E-state index contributed by atoms with van der Waals surface area (Å²) in [5.74, 6) is -0.113. The highest BCUT2D eigenvalue weighted by Gasteiger charge is 2.22. The Hall–Kier alpha value is -2.73. The van der Waals surface area contributed by atoms with E-state index in [4.69, 9.17) is 4.74 Å². The van der Waals surface area contributed by atoms with Crippen LogP contribution in [0.15, 0.2) is 42.7 Å². The minimum absolute atomic E-state index is 0.0339. The van der Waals surface area contributed by atoms with E-state index in [1.54, 1.807) is 18.0 Å². The van der Waals surface area contributed by atoms with Gasteiger partial charge in [-0.15, -0.1) is 0 Å². The van der Waals surface area contributed by atoms with Crippen LogP contribution in [0.4, 0.5) is 0 Å². The highest BCUT2D eigenvalue weighted by molar-refractivity contribution is 5.94. The van der Waals surface area contributed by atoms with Gasteiger partial charge >= 0.3 is 0 Å². The number of rotatable bonds is 4. The number of carbonyl (C=O) groups excluding carboxylic acids is 2. The van der Waals surface area contributed by atoms with Crippen LogP contribution in [-0.2, 0) is 9.53 Å². The zero-order valence-corrected chi connectivity index (χ0v) is 15.1. The Labute approximate surface area is 153 Å². The van der Waals surface area contributed by atoms with Gasteiger partial charge in [-0.05, 0) is 41.8 Å². The predicted octanol–water partition coefficient (Wildman–Crippen LogP) is 2.03. The molecular weight excluding hydrogens is 330 g/mol. The molecule has 6 nitrogen and oxygen atoms in total. The summed E-state index contributed by atoms with van der Waals surface area (Å²) in [4.78, 5) is 29.7. The van der Waals surface area contributed by atoms with Gasteiger partial charge in [0.1, 0.15) is 0 Å². The number of benzene rings is 1. The Balaban J connectivity index is 1.58. The van der Waals surface area contributed by atoms with Crippen LogP contribution in [0.2, 0.25) is 0 Å². The number of nitrogens with zero attached hydrogens (tertiary/aromatic N) is 2. The summed E-state index contributed by atoms with van der Waals surface area (Å²) in [5.41, 5.74) is 3.84. The quantitative estimate of drug-likeness (QED) is 0.913. The number of nitrogens with one attached hydrogen (secondary N) is 1. The normalized spacial score (nSPS) is 17.0. The fourth-order valence-corrected chi connectivity index (χ4v) is 3.04. The first-order valence-corrected chi connectivity index (χ1v) is 8.71. The van der Waals surface area contributed by atoms with Crippen LogP contribution in [0.3, 0.4) is 0 Å². The molecule has 2 heterocycles. The van der Waals surface area contributed by atoms with Crippen molar-refractivity contribution in [3.63, 3.8) is 0 Å². The third kappa shape index (κ3) is 4.26. The van der Waals surface area contributed by atoms with Crippen molar-refractivity contribution in [2.24, 2.45) is 0 Å². The van der Waals surface area contributed by atoms with E-state index < -0.39 is 0 Å². The second-order valence-electron chi connectivity index (χ2n) is 6.44. The zero-order chi connectivity index (χ0) is 18.5. The summed E-state index contributed by atoms with van der Waals surface area (Å²) in [5, 5.41) is 2.89. The summed E-state index contributed by atoms with van der Waals surface area (Å²) in [7, 11) is 0. The minimum atomic E-state index is -0.171. The molecule has 2 amide bonds. The SMILES string of the molecule is CC(=O)N1CCOC(CNC(=O)c2ccc(-c3ccncc3C)cc2)C1. The third-order valence-corrected chi connectivity index (χ3v) is 4.55. The zero-order valence-electron chi connectivity index (χ0n) is 15.1. The van der Waals surface area contributed by atoms with Gasteiger partial charge in [-0.1, -0.05) is 12.1 Å². The lowest BCUT2D eigenvalue weighted by atomic mass is 10.0. The number of carbonyl (C=O) groups is 2. The van der Waals surface area contributed by atoms with Crippen molar-refractivity contribution < 1.29 is 14.3 Å². The van der Waals surface area contributed by atoms with Crippen molar-refractivity contribution in [1.29, 1.82) is 0 Å². The molecule has 0 spiro atoms. The molecule has 1 unspecified atom stereocenters. The standard InChI is InChI=1S/C20H23N3O3/c1-14-11-21-8-7-19(14)16-3-5-17(6-4-16)20(25)22-12-18-13-23(15(2)24)9-10-26-18/h3-8,11,18H,9-10,12-13H2,1-2H3,(H,22,25). The largest absolute Gasteiger partial charge is 0.373 e. The van der Waals surface area contributed by atoms with Gasteiger partial charge in [-0.25, -0.2) is 0 Å². The Kier molecular flexibility index (Phi) is 5.63. The second kappa shape index (κ2) is 8.10. The average Bonchev–Trinajstić information content (AvgIpc) is 2.67. The number of hydrogen-bond acceptors (Lipinski definition) is 4. The van der Waals surface area contributed by atoms with E-state index in [0.29, 0.717) is 31.8 Å². The monoisotopic (exact) mass is 353 g/mol. The summed E-state index contributed by atoms with van der Waals surface area (Å²) in [6.07, 6.45) is 3.41. The molecule has 0 saturated carbocycles. The van der Waals surface area contributed by atoms with Crippen molar-refractivity contribution in [3.8, 4) is 11.1 Å². The third-order valence-electron chi connectivity index (χ3n) is 4.55. The lowest BCUT2D eigenvalue weighted by Crippen LogP contribution is -2.49. The first-order chi connectivity index (χ1) is 12.5. The van der Waals surface area contributed by atoms with Crippen LogP contribution in [0, 0.1) is 6.92 Å². The van der Waals surface area contributed by atoms with Crippen LogP contribution in [0.1, 0.15) is 22.8 Å². The number of pyridine rings is 1. The maximum absolute atomic E-state index is 12.4. The molecule has 1 fully saturated rings. The van der Waals surface area contributed by atoms with E-state index in [1.807, 2.05) is 43.5 Å². The second-order valence-corrected chi connectivity index (χ2v) is 6.44. The molecule has 0 aliphatic carbocycles. The number of aromatic nitrogens is 1. The lowest BCUT2D eigenvalue weighted by Gasteiger charge is -2.32. The fraction of sp³-hybridized carbons (Fsp3) is 0.350. The smallest absolute Gasteiger partial charge is 0.251 e. The maximum Gasteiger partial charge on any atom is 0.251 e. The average molecular weight is 353 g/mol. The topological polar surface area (TPSA) is 71.5 Å². The lowest BCUT2D eigenvalue weighted by molar-refractivity contribution is -0.136. The van der Waals surface area contributed by atoms with Gasteiger partial charge in [0.05, 0.1) is 12.7 Å². The summed E-state index contributed by atoms with van der Waals surface area (Å²) in [6.45, 7) is 5.56. The van der Waals surface area contributed by atoms with Crippen molar-refractivity contribution in [1.82, 2.24) is 15.2 Å². The summed E-state index contributed by atoms with van der Waals surface area (Å²) < 4.78 is 5.62. The van der Waals surface area contributed by atoms with Crippen LogP contribution < -0.4 is 5.32 Å². The molecule has 2 aromatic rings. The highest BCUT2D eigenvalue weighted by atomic mass is 16.5. The van der Waals surface area contributed by atoms with Crippen molar-refractivity contribution in [2.45, 2.75) is 20.0 Å². The molecule has 3 rings (SSSR count). The summed E-state index contributed by atoms with van der Waals surface area (Å²) in [6, 6.07) is 9.46. The number of morpholine rings is 1. The van der Waals surface area contributed by atoms with Gasteiger partial charge in [0, 0.05) is 44.5 Å². The Morgan fingerprint density at radius 2 is 2.04 bits per heavy atom. The van der Waals surface area contributed by atoms with Crippen molar-refractivity contribution in [3.05, 3.63) is 53.9 Å². The molecular formula is C20H23N3O3. The van der Waals surface area contributed by atoms with Crippen LogP contribution in [-0.4, -0.2) is 54.0 Å². The molecule has 0 radical (unpaired) electrons. The van der Waals surface area contributed by atoms with E-state index in [-0.39, 0.29) is 17.9 Å². The Bertz CT molecular complexity index is 789. The molecule has 26 heavy (non-hydrogen) atoms. The van der Waals surface area contributed by atoms with Crippen LogP contribution in [0.25, 0.3) is 11.1 Å². The van der Waals surface area contributed by atoms with Gasteiger partial charge in [-0.3, -0.25) is 14.6 Å². The molecule has 1 aliphatic heterocycles. The van der Waals surface area contributed by atoms with E-state index in [0.717, 1.165) is 16.7 Å². The highest BCUT2D eigenvalue weighted by Crippen LogP contribution is 2.22. The first kappa shape index (κ1) is 18.1. The van der Waals surface area contributed by atoms with Gasteiger partial charge < -0.3 is 15.0 Å². The minimum Gasteiger partial charge on any atom is -0.373 e. The van der Waals surface area contributed by atoms with E-state index in [1.165, 1.54) is 0 Å². The number of aryl methyl sites for hydroxylation is 1. The maximum atomic E-state index is 12.4. The summed E-state index contributed by atoms with van der Waals surface area (Å²) >= 11 is 0. The molecule has 1 aliphatic rings. The predicted molar refractivity (Wildman–Crippen MR) is 98.7 cm³/mol. The number of ether oxygens (including phenoxy) is 1.